The van der Waals surface area contributed by atoms with E-state index in [9.17, 15) is 9.59 Å². The van der Waals surface area contributed by atoms with Gasteiger partial charge in [-0.2, -0.15) is 0 Å². The highest BCUT2D eigenvalue weighted by molar-refractivity contribution is 5.75. The Labute approximate surface area is 125 Å². The molecule has 116 valence electrons. The van der Waals surface area contributed by atoms with Gasteiger partial charge in [-0.3, -0.25) is 9.59 Å². The molecule has 0 aliphatic heterocycles. The Kier molecular flexibility index (Phi) is 5.42. The van der Waals surface area contributed by atoms with Crippen molar-refractivity contribution in [1.29, 1.82) is 0 Å². The van der Waals surface area contributed by atoms with Crippen LogP contribution in [0.15, 0.2) is 23.1 Å². The fourth-order valence-corrected chi connectivity index (χ4v) is 2.92. The summed E-state index contributed by atoms with van der Waals surface area (Å²) in [4.78, 5) is 23.4. The van der Waals surface area contributed by atoms with Gasteiger partial charge < -0.3 is 15.6 Å². The molecular formula is C16H25N3O2. The third kappa shape index (κ3) is 4.92. The van der Waals surface area contributed by atoms with Gasteiger partial charge in [0.15, 0.2) is 0 Å². The smallest absolute Gasteiger partial charge is 0.251 e. The van der Waals surface area contributed by atoms with Crippen LogP contribution < -0.4 is 16.6 Å². The maximum absolute atomic E-state index is 11.9. The van der Waals surface area contributed by atoms with Crippen LogP contribution >= 0.6 is 0 Å². The summed E-state index contributed by atoms with van der Waals surface area (Å²) < 4.78 is 1.34. The van der Waals surface area contributed by atoms with E-state index in [1.807, 2.05) is 0 Å². The standard InChI is InChI=1S/C16H25N3O2/c1-12-2-4-13(5-3-12)8-9-18-15(20)11-19-10-14(17)6-7-16(19)21/h6-7,10,12-13H,2-5,8-9,11,17H2,1H3,(H,18,20). The van der Waals surface area contributed by atoms with E-state index in [4.69, 9.17) is 5.73 Å². The summed E-state index contributed by atoms with van der Waals surface area (Å²) in [7, 11) is 0. The molecule has 0 unspecified atom stereocenters. The average Bonchev–Trinajstić information content (AvgIpc) is 2.45. The van der Waals surface area contributed by atoms with Crippen LogP contribution in [-0.4, -0.2) is 17.0 Å². The summed E-state index contributed by atoms with van der Waals surface area (Å²) in [5, 5.41) is 2.90. The topological polar surface area (TPSA) is 77.1 Å². The molecule has 0 spiro atoms. The van der Waals surface area contributed by atoms with Gasteiger partial charge in [0, 0.05) is 24.5 Å². The van der Waals surface area contributed by atoms with Crippen LogP contribution in [0.4, 0.5) is 5.69 Å². The second-order valence-corrected chi connectivity index (χ2v) is 6.19. The van der Waals surface area contributed by atoms with E-state index in [2.05, 4.69) is 12.2 Å². The number of amides is 1. The lowest BCUT2D eigenvalue weighted by Crippen LogP contribution is -2.33. The highest BCUT2D eigenvalue weighted by atomic mass is 16.2. The normalized spacial score (nSPS) is 22.0. The molecule has 1 saturated carbocycles. The SMILES string of the molecule is CC1CCC(CCNC(=O)Cn2cc(N)ccc2=O)CC1. The molecule has 1 heterocycles. The molecule has 3 N–H and O–H groups in total. The van der Waals surface area contributed by atoms with Gasteiger partial charge in [-0.05, 0) is 24.3 Å². The summed E-state index contributed by atoms with van der Waals surface area (Å²) in [5.41, 5.74) is 5.90. The molecule has 1 aliphatic carbocycles. The van der Waals surface area contributed by atoms with Crippen molar-refractivity contribution in [3.8, 4) is 0 Å². The highest BCUT2D eigenvalue weighted by Crippen LogP contribution is 2.29. The zero-order chi connectivity index (χ0) is 15.2. The molecule has 1 aromatic heterocycles. The zero-order valence-electron chi connectivity index (χ0n) is 12.7. The van der Waals surface area contributed by atoms with Gasteiger partial charge in [0.25, 0.3) is 5.56 Å². The van der Waals surface area contributed by atoms with Crippen LogP contribution in [0.2, 0.25) is 0 Å². The fraction of sp³-hybridized carbons (Fsp3) is 0.625. The summed E-state index contributed by atoms with van der Waals surface area (Å²) in [6, 6.07) is 2.92. The third-order valence-electron chi connectivity index (χ3n) is 4.33. The van der Waals surface area contributed by atoms with Gasteiger partial charge >= 0.3 is 0 Å². The van der Waals surface area contributed by atoms with Crippen LogP contribution in [0.5, 0.6) is 0 Å². The van der Waals surface area contributed by atoms with Crippen molar-refractivity contribution in [3.63, 3.8) is 0 Å². The number of anilines is 1. The Morgan fingerprint density at radius 3 is 2.76 bits per heavy atom. The zero-order valence-corrected chi connectivity index (χ0v) is 12.7. The summed E-state index contributed by atoms with van der Waals surface area (Å²) in [5.74, 6) is 1.45. The average molecular weight is 291 g/mol. The molecule has 0 bridgehead atoms. The van der Waals surface area contributed by atoms with Crippen LogP contribution in [-0.2, 0) is 11.3 Å². The van der Waals surface area contributed by atoms with Gasteiger partial charge in [-0.1, -0.05) is 32.6 Å². The first kappa shape index (κ1) is 15.6. The Morgan fingerprint density at radius 1 is 1.33 bits per heavy atom. The van der Waals surface area contributed by atoms with Crippen molar-refractivity contribution in [2.75, 3.05) is 12.3 Å². The molecule has 1 fully saturated rings. The number of hydrogen-bond acceptors (Lipinski definition) is 3. The second-order valence-electron chi connectivity index (χ2n) is 6.19. The number of nitrogens with two attached hydrogens (primary N) is 1. The number of nitrogens with one attached hydrogen (secondary N) is 1. The van der Waals surface area contributed by atoms with E-state index in [-0.39, 0.29) is 18.0 Å². The Morgan fingerprint density at radius 2 is 2.05 bits per heavy atom. The predicted molar refractivity (Wildman–Crippen MR) is 83.9 cm³/mol. The molecule has 1 aromatic rings. The van der Waals surface area contributed by atoms with Gasteiger partial charge in [0.1, 0.15) is 6.54 Å². The lowest BCUT2D eigenvalue weighted by molar-refractivity contribution is -0.121. The molecule has 1 aliphatic rings. The van der Waals surface area contributed by atoms with Crippen molar-refractivity contribution < 1.29 is 4.79 Å². The summed E-state index contributed by atoms with van der Waals surface area (Å²) in [6.07, 6.45) is 7.68. The van der Waals surface area contributed by atoms with Crippen LogP contribution in [0, 0.1) is 11.8 Å². The minimum absolute atomic E-state index is 0.0333. The van der Waals surface area contributed by atoms with E-state index < -0.39 is 0 Å². The number of aromatic nitrogens is 1. The van der Waals surface area contributed by atoms with E-state index in [1.54, 1.807) is 6.07 Å². The maximum atomic E-state index is 11.9. The number of carbonyl (C=O) groups excluding carboxylic acids is 1. The lowest BCUT2D eigenvalue weighted by atomic mass is 9.81. The number of hydrogen-bond donors (Lipinski definition) is 2. The Bertz CT molecular complexity index is 531. The Hall–Kier alpha value is -1.78. The number of nitrogens with zero attached hydrogens (tertiary/aromatic N) is 1. The molecule has 0 saturated heterocycles. The molecule has 0 aromatic carbocycles. The van der Waals surface area contributed by atoms with Crippen LogP contribution in [0.3, 0.4) is 0 Å². The molecule has 21 heavy (non-hydrogen) atoms. The van der Waals surface area contributed by atoms with Crippen molar-refractivity contribution in [3.05, 3.63) is 28.7 Å². The van der Waals surface area contributed by atoms with E-state index >= 15 is 0 Å². The number of carbonyl (C=O) groups is 1. The maximum Gasteiger partial charge on any atom is 0.251 e. The minimum Gasteiger partial charge on any atom is -0.398 e. The van der Waals surface area contributed by atoms with Gasteiger partial charge in [-0.15, -0.1) is 0 Å². The van der Waals surface area contributed by atoms with Gasteiger partial charge in [-0.25, -0.2) is 0 Å². The van der Waals surface area contributed by atoms with Crippen molar-refractivity contribution in [2.24, 2.45) is 11.8 Å². The molecule has 5 heteroatoms. The number of nitrogen functional groups attached to an aromatic ring is 1. The van der Waals surface area contributed by atoms with E-state index in [0.717, 1.165) is 18.3 Å². The largest absolute Gasteiger partial charge is 0.398 e. The van der Waals surface area contributed by atoms with Crippen molar-refractivity contribution in [2.45, 2.75) is 45.6 Å². The van der Waals surface area contributed by atoms with Crippen molar-refractivity contribution in [1.82, 2.24) is 9.88 Å². The number of rotatable bonds is 5. The minimum atomic E-state index is -0.208. The molecular weight excluding hydrogens is 266 g/mol. The first-order valence-electron chi connectivity index (χ1n) is 7.77. The first-order valence-corrected chi connectivity index (χ1v) is 7.77. The van der Waals surface area contributed by atoms with Crippen molar-refractivity contribution >= 4 is 11.6 Å². The molecule has 0 radical (unpaired) electrons. The molecule has 5 nitrogen and oxygen atoms in total. The number of pyridine rings is 1. The molecule has 2 rings (SSSR count). The quantitative estimate of drug-likeness (QED) is 0.868. The van der Waals surface area contributed by atoms with E-state index in [0.29, 0.717) is 12.2 Å². The summed E-state index contributed by atoms with van der Waals surface area (Å²) >= 11 is 0. The predicted octanol–water partition coefficient (Wildman–Crippen LogP) is 1.76. The van der Waals surface area contributed by atoms with Gasteiger partial charge in [0.2, 0.25) is 5.91 Å². The van der Waals surface area contributed by atoms with Crippen LogP contribution in [0.1, 0.15) is 39.0 Å². The summed E-state index contributed by atoms with van der Waals surface area (Å²) in [6.45, 7) is 3.03. The first-order chi connectivity index (χ1) is 10.0. The molecule has 0 atom stereocenters. The third-order valence-corrected chi connectivity index (χ3v) is 4.33. The highest BCUT2D eigenvalue weighted by Gasteiger charge is 2.17. The fourth-order valence-electron chi connectivity index (χ4n) is 2.92. The van der Waals surface area contributed by atoms with Gasteiger partial charge in [0.05, 0.1) is 0 Å². The van der Waals surface area contributed by atoms with E-state index in [1.165, 1.54) is 42.5 Å². The molecule has 1 amide bonds. The Balaban J connectivity index is 1.72. The van der Waals surface area contributed by atoms with Crippen LogP contribution in [0.25, 0.3) is 0 Å². The second kappa shape index (κ2) is 7.29. The monoisotopic (exact) mass is 291 g/mol. The lowest BCUT2D eigenvalue weighted by Gasteiger charge is -2.26.